The maximum atomic E-state index is 14.2. The van der Waals surface area contributed by atoms with Crippen LogP contribution in [0.25, 0.3) is 0 Å². The van der Waals surface area contributed by atoms with E-state index >= 15 is 0 Å². The van der Waals surface area contributed by atoms with E-state index in [-0.39, 0.29) is 5.82 Å². The fraction of sp³-hybridized carbons (Fsp3) is 0.625. The molecule has 0 spiro atoms. The standard InChI is InChI=1S/C16H25FN2O/c1-4-18(5-2)14-8-9-19(11-14)16-7-6-13(12(3)20)10-15(16)17/h6-7,10,12,14,20H,4-5,8-9,11H2,1-3H3/t12-,14?/m0/s1. The molecule has 1 heterocycles. The minimum atomic E-state index is -0.624. The maximum Gasteiger partial charge on any atom is 0.146 e. The zero-order chi connectivity index (χ0) is 14.7. The van der Waals surface area contributed by atoms with Gasteiger partial charge in [-0.2, -0.15) is 0 Å². The molecule has 112 valence electrons. The molecular formula is C16H25FN2O. The Bertz CT molecular complexity index is 446. The number of aliphatic hydroxyl groups excluding tert-OH is 1. The Kier molecular flexibility index (Phi) is 5.00. The van der Waals surface area contributed by atoms with Gasteiger partial charge in [0.25, 0.3) is 0 Å². The Hall–Kier alpha value is -1.13. The lowest BCUT2D eigenvalue weighted by Gasteiger charge is -2.27. The van der Waals surface area contributed by atoms with Crippen LogP contribution in [0.5, 0.6) is 0 Å². The summed E-state index contributed by atoms with van der Waals surface area (Å²) in [5, 5.41) is 9.50. The van der Waals surface area contributed by atoms with Crippen molar-refractivity contribution >= 4 is 5.69 Å². The summed E-state index contributed by atoms with van der Waals surface area (Å²) in [4.78, 5) is 4.55. The normalized spacial score (nSPS) is 20.7. The highest BCUT2D eigenvalue weighted by atomic mass is 19.1. The van der Waals surface area contributed by atoms with Crippen LogP contribution < -0.4 is 4.90 Å². The van der Waals surface area contributed by atoms with E-state index in [9.17, 15) is 9.50 Å². The van der Waals surface area contributed by atoms with Crippen LogP contribution in [0.4, 0.5) is 10.1 Å². The van der Waals surface area contributed by atoms with E-state index in [0.717, 1.165) is 32.6 Å². The molecule has 2 rings (SSSR count). The predicted molar refractivity (Wildman–Crippen MR) is 80.6 cm³/mol. The van der Waals surface area contributed by atoms with Crippen LogP contribution >= 0.6 is 0 Å². The van der Waals surface area contributed by atoms with Gasteiger partial charge in [0.15, 0.2) is 0 Å². The summed E-state index contributed by atoms with van der Waals surface area (Å²) in [5.41, 5.74) is 1.29. The molecule has 0 saturated carbocycles. The molecule has 3 nitrogen and oxygen atoms in total. The monoisotopic (exact) mass is 280 g/mol. The van der Waals surface area contributed by atoms with Crippen molar-refractivity contribution < 1.29 is 9.50 Å². The van der Waals surface area contributed by atoms with Crippen molar-refractivity contribution in [3.05, 3.63) is 29.6 Å². The summed E-state index contributed by atoms with van der Waals surface area (Å²) in [6, 6.07) is 5.57. The predicted octanol–water partition coefficient (Wildman–Crippen LogP) is 2.80. The molecule has 1 aromatic rings. The van der Waals surface area contributed by atoms with Gasteiger partial charge in [-0.25, -0.2) is 4.39 Å². The van der Waals surface area contributed by atoms with Crippen LogP contribution in [-0.4, -0.2) is 42.2 Å². The summed E-state index contributed by atoms with van der Waals surface area (Å²) in [6.45, 7) is 9.85. The third-order valence-corrected chi connectivity index (χ3v) is 4.29. The molecule has 0 aromatic heterocycles. The van der Waals surface area contributed by atoms with Crippen molar-refractivity contribution in [2.45, 2.75) is 39.3 Å². The zero-order valence-electron chi connectivity index (χ0n) is 12.6. The molecular weight excluding hydrogens is 255 g/mol. The molecule has 0 bridgehead atoms. The Morgan fingerprint density at radius 3 is 2.65 bits per heavy atom. The first kappa shape index (κ1) is 15.3. The number of halogens is 1. The average molecular weight is 280 g/mol. The highest BCUT2D eigenvalue weighted by Crippen LogP contribution is 2.27. The third-order valence-electron chi connectivity index (χ3n) is 4.29. The number of rotatable bonds is 5. The molecule has 1 saturated heterocycles. The first-order valence-electron chi connectivity index (χ1n) is 7.53. The van der Waals surface area contributed by atoms with Gasteiger partial charge in [0.2, 0.25) is 0 Å². The summed E-state index contributed by atoms with van der Waals surface area (Å²) in [6.07, 6.45) is 0.458. The van der Waals surface area contributed by atoms with Gasteiger partial charge in [-0.15, -0.1) is 0 Å². The van der Waals surface area contributed by atoms with Gasteiger partial charge in [-0.05, 0) is 44.1 Å². The van der Waals surface area contributed by atoms with Crippen molar-refractivity contribution in [2.24, 2.45) is 0 Å². The van der Waals surface area contributed by atoms with Crippen LogP contribution in [0.15, 0.2) is 18.2 Å². The number of anilines is 1. The average Bonchev–Trinajstić information content (AvgIpc) is 2.89. The third kappa shape index (κ3) is 3.13. The van der Waals surface area contributed by atoms with E-state index in [1.165, 1.54) is 6.07 Å². The number of hydrogen-bond donors (Lipinski definition) is 1. The minimum absolute atomic E-state index is 0.233. The Morgan fingerprint density at radius 1 is 1.40 bits per heavy atom. The van der Waals surface area contributed by atoms with Crippen molar-refractivity contribution in [1.82, 2.24) is 4.90 Å². The largest absolute Gasteiger partial charge is 0.389 e. The second-order valence-electron chi connectivity index (χ2n) is 5.50. The highest BCUT2D eigenvalue weighted by molar-refractivity contribution is 5.50. The smallest absolute Gasteiger partial charge is 0.146 e. The van der Waals surface area contributed by atoms with Crippen LogP contribution in [0.2, 0.25) is 0 Å². The number of nitrogens with zero attached hydrogens (tertiary/aromatic N) is 2. The van der Waals surface area contributed by atoms with Gasteiger partial charge in [-0.1, -0.05) is 19.9 Å². The van der Waals surface area contributed by atoms with E-state index in [4.69, 9.17) is 0 Å². The molecule has 4 heteroatoms. The second kappa shape index (κ2) is 6.55. The second-order valence-corrected chi connectivity index (χ2v) is 5.50. The number of benzene rings is 1. The molecule has 0 amide bonds. The summed E-state index contributed by atoms with van der Waals surface area (Å²) < 4.78 is 14.2. The quantitative estimate of drug-likeness (QED) is 0.898. The van der Waals surface area contributed by atoms with Gasteiger partial charge >= 0.3 is 0 Å². The van der Waals surface area contributed by atoms with E-state index in [1.807, 2.05) is 6.07 Å². The first-order valence-corrected chi connectivity index (χ1v) is 7.53. The van der Waals surface area contributed by atoms with Gasteiger partial charge in [-0.3, -0.25) is 4.90 Å². The van der Waals surface area contributed by atoms with Gasteiger partial charge in [0.1, 0.15) is 5.82 Å². The minimum Gasteiger partial charge on any atom is -0.389 e. The molecule has 1 aromatic carbocycles. The van der Waals surface area contributed by atoms with Crippen LogP contribution in [-0.2, 0) is 0 Å². The number of aliphatic hydroxyl groups is 1. The van der Waals surface area contributed by atoms with Crippen LogP contribution in [0.1, 0.15) is 38.9 Å². The Labute approximate surface area is 121 Å². The van der Waals surface area contributed by atoms with E-state index in [0.29, 0.717) is 17.3 Å². The maximum absolute atomic E-state index is 14.2. The Morgan fingerprint density at radius 2 is 2.10 bits per heavy atom. The van der Waals surface area contributed by atoms with Crippen LogP contribution in [0, 0.1) is 5.82 Å². The fourth-order valence-electron chi connectivity index (χ4n) is 3.04. The van der Waals surface area contributed by atoms with Gasteiger partial charge < -0.3 is 10.0 Å². The fourth-order valence-corrected chi connectivity index (χ4v) is 3.04. The van der Waals surface area contributed by atoms with Crippen molar-refractivity contribution in [3.8, 4) is 0 Å². The SMILES string of the molecule is CCN(CC)C1CCN(c2ccc([C@H](C)O)cc2F)C1. The summed E-state index contributed by atoms with van der Waals surface area (Å²) in [7, 11) is 0. The van der Waals surface area contributed by atoms with E-state index in [1.54, 1.807) is 13.0 Å². The highest BCUT2D eigenvalue weighted by Gasteiger charge is 2.27. The topological polar surface area (TPSA) is 26.7 Å². The van der Waals surface area contributed by atoms with E-state index < -0.39 is 6.10 Å². The zero-order valence-corrected chi connectivity index (χ0v) is 12.6. The van der Waals surface area contributed by atoms with Crippen LogP contribution in [0.3, 0.4) is 0 Å². The first-order chi connectivity index (χ1) is 9.56. The molecule has 1 aliphatic heterocycles. The summed E-state index contributed by atoms with van der Waals surface area (Å²) in [5.74, 6) is -0.233. The molecule has 0 aliphatic carbocycles. The van der Waals surface area contributed by atoms with Crippen molar-refractivity contribution in [2.75, 3.05) is 31.1 Å². The molecule has 2 atom stereocenters. The van der Waals surface area contributed by atoms with Gasteiger partial charge in [0, 0.05) is 19.1 Å². The molecule has 1 N–H and O–H groups in total. The lowest BCUT2D eigenvalue weighted by Crippen LogP contribution is -2.37. The molecule has 0 radical (unpaired) electrons. The van der Waals surface area contributed by atoms with Crippen molar-refractivity contribution in [3.63, 3.8) is 0 Å². The lowest BCUT2D eigenvalue weighted by molar-refractivity contribution is 0.199. The molecule has 1 aliphatic rings. The van der Waals surface area contributed by atoms with Crippen molar-refractivity contribution in [1.29, 1.82) is 0 Å². The lowest BCUT2D eigenvalue weighted by atomic mass is 10.1. The number of hydrogen-bond acceptors (Lipinski definition) is 3. The number of likely N-dealkylation sites (N-methyl/N-ethyl adjacent to an activating group) is 1. The summed E-state index contributed by atoms with van der Waals surface area (Å²) >= 11 is 0. The molecule has 1 unspecified atom stereocenters. The molecule has 1 fully saturated rings. The van der Waals surface area contributed by atoms with Gasteiger partial charge in [0.05, 0.1) is 11.8 Å². The van der Waals surface area contributed by atoms with E-state index in [2.05, 4.69) is 23.6 Å². The molecule has 20 heavy (non-hydrogen) atoms. The Balaban J connectivity index is 2.10.